The van der Waals surface area contributed by atoms with Gasteiger partial charge in [-0.15, -0.1) is 12.4 Å². The van der Waals surface area contributed by atoms with Gasteiger partial charge in [0.05, 0.1) is 16.8 Å². The average molecular weight is 376 g/mol. The summed E-state index contributed by atoms with van der Waals surface area (Å²) in [4.78, 5) is 8.82. The smallest absolute Gasteiger partial charge is 0.149 e. The van der Waals surface area contributed by atoms with Crippen molar-refractivity contribution >= 4 is 35.5 Å². The van der Waals surface area contributed by atoms with Crippen molar-refractivity contribution in [2.45, 2.75) is 13.3 Å². The molecule has 6 heteroatoms. The summed E-state index contributed by atoms with van der Waals surface area (Å²) in [6.07, 6.45) is 2.43. The molecule has 0 bridgehead atoms. The standard InChI is InChI=1S/C19H18ClN3O.ClH/c1-3-15-12-18(21-2)22-17-10-9-14(20)11-16(17)19(23(15)24)13-7-5-4-6-8-13;/h4-12,24H,3H2,1-2H3;1H/b15-12-,19-16-,21-18?,22-17?;. The second kappa shape index (κ2) is 8.30. The number of benzene rings is 2. The van der Waals surface area contributed by atoms with E-state index in [0.717, 1.165) is 10.8 Å². The minimum Gasteiger partial charge on any atom is -0.284 e. The Morgan fingerprint density at radius 1 is 1.16 bits per heavy atom. The van der Waals surface area contributed by atoms with E-state index in [-0.39, 0.29) is 12.4 Å². The van der Waals surface area contributed by atoms with Crippen molar-refractivity contribution in [2.24, 2.45) is 9.98 Å². The number of nitrogens with zero attached hydrogens (tertiary/aromatic N) is 3. The second-order valence-electron chi connectivity index (χ2n) is 5.37. The van der Waals surface area contributed by atoms with Crippen LogP contribution in [-0.4, -0.2) is 23.2 Å². The molecule has 0 aromatic heterocycles. The normalized spacial score (nSPS) is 19.8. The molecule has 1 aliphatic rings. The molecule has 0 saturated heterocycles. The van der Waals surface area contributed by atoms with E-state index in [1.165, 1.54) is 5.06 Å². The van der Waals surface area contributed by atoms with E-state index in [1.54, 1.807) is 19.2 Å². The zero-order valence-electron chi connectivity index (χ0n) is 14.0. The van der Waals surface area contributed by atoms with Gasteiger partial charge in [-0.05, 0) is 24.6 Å². The van der Waals surface area contributed by atoms with Crippen molar-refractivity contribution in [3.8, 4) is 0 Å². The van der Waals surface area contributed by atoms with E-state index in [1.807, 2.05) is 49.4 Å². The third-order valence-corrected chi connectivity index (χ3v) is 4.10. The van der Waals surface area contributed by atoms with Crippen molar-refractivity contribution in [3.05, 3.63) is 81.5 Å². The van der Waals surface area contributed by atoms with Gasteiger partial charge in [0.1, 0.15) is 5.84 Å². The predicted octanol–water partition coefficient (Wildman–Crippen LogP) is 3.56. The summed E-state index contributed by atoms with van der Waals surface area (Å²) in [5, 5.41) is 14.2. The molecule has 1 heterocycles. The third-order valence-electron chi connectivity index (χ3n) is 3.87. The lowest BCUT2D eigenvalue weighted by molar-refractivity contribution is 0.00596. The Morgan fingerprint density at radius 3 is 2.52 bits per heavy atom. The van der Waals surface area contributed by atoms with Crippen LogP contribution in [0.2, 0.25) is 5.02 Å². The van der Waals surface area contributed by atoms with Gasteiger partial charge in [0.25, 0.3) is 0 Å². The molecule has 0 amide bonds. The van der Waals surface area contributed by atoms with Gasteiger partial charge >= 0.3 is 0 Å². The summed E-state index contributed by atoms with van der Waals surface area (Å²) >= 11 is 6.21. The van der Waals surface area contributed by atoms with Gasteiger partial charge in [0, 0.05) is 28.9 Å². The molecule has 3 rings (SSSR count). The molecule has 0 aliphatic carbocycles. The first-order valence-corrected chi connectivity index (χ1v) is 8.12. The summed E-state index contributed by atoms with van der Waals surface area (Å²) in [5.41, 5.74) is 2.25. The Hall–Kier alpha value is -2.14. The van der Waals surface area contributed by atoms with E-state index in [4.69, 9.17) is 11.6 Å². The molecule has 1 N–H and O–H groups in total. The number of halogens is 2. The lowest BCUT2D eigenvalue weighted by Gasteiger charge is -2.24. The molecule has 0 fully saturated rings. The summed E-state index contributed by atoms with van der Waals surface area (Å²) in [6, 6.07) is 15.2. The lowest BCUT2D eigenvalue weighted by atomic mass is 10.1. The number of hydrogen-bond acceptors (Lipinski definition) is 3. The molecular formula is C19H19Cl2N3O. The summed E-state index contributed by atoms with van der Waals surface area (Å²) in [5.74, 6) is 0.557. The van der Waals surface area contributed by atoms with Crippen LogP contribution in [0.5, 0.6) is 0 Å². The molecule has 0 spiro atoms. The van der Waals surface area contributed by atoms with Gasteiger partial charge < -0.3 is 0 Å². The number of aliphatic imine (C=N–C) groups is 1. The fourth-order valence-corrected chi connectivity index (χ4v) is 2.83. The van der Waals surface area contributed by atoms with E-state index >= 15 is 0 Å². The van der Waals surface area contributed by atoms with Crippen LogP contribution in [0.3, 0.4) is 0 Å². The van der Waals surface area contributed by atoms with Gasteiger partial charge in [-0.1, -0.05) is 48.9 Å². The monoisotopic (exact) mass is 375 g/mol. The number of amidine groups is 1. The zero-order chi connectivity index (χ0) is 17.1. The third kappa shape index (κ3) is 3.93. The Kier molecular flexibility index (Phi) is 6.37. The SMILES string of the molecule is CC/C1=C/C(=NC)N=c2ccc(Cl)c/c2=C(\c2ccccc2)N1O.Cl. The summed E-state index contributed by atoms with van der Waals surface area (Å²) in [6.45, 7) is 1.98. The number of allylic oxidation sites excluding steroid dienone is 1. The van der Waals surface area contributed by atoms with E-state index < -0.39 is 0 Å². The Bertz CT molecular complexity index is 937. The average Bonchev–Trinajstić information content (AvgIpc) is 2.60. The predicted molar refractivity (Wildman–Crippen MR) is 104 cm³/mol. The lowest BCUT2D eigenvalue weighted by Crippen LogP contribution is -2.36. The highest BCUT2D eigenvalue weighted by Gasteiger charge is 2.17. The molecular weight excluding hydrogens is 357 g/mol. The maximum atomic E-state index is 10.9. The number of hydroxylamine groups is 2. The number of rotatable bonds is 2. The molecule has 0 atom stereocenters. The van der Waals surface area contributed by atoms with Crippen LogP contribution < -0.4 is 10.6 Å². The maximum absolute atomic E-state index is 10.9. The van der Waals surface area contributed by atoms with Gasteiger partial charge in [-0.3, -0.25) is 10.2 Å². The highest BCUT2D eigenvalue weighted by atomic mass is 35.5. The van der Waals surface area contributed by atoms with Crippen molar-refractivity contribution in [1.29, 1.82) is 0 Å². The summed E-state index contributed by atoms with van der Waals surface area (Å²) in [7, 11) is 1.68. The van der Waals surface area contributed by atoms with Gasteiger partial charge in [-0.2, -0.15) is 0 Å². The Balaban J connectivity index is 0.00000225. The van der Waals surface area contributed by atoms with E-state index in [9.17, 15) is 5.21 Å². The van der Waals surface area contributed by atoms with Crippen LogP contribution in [-0.2, 0) is 0 Å². The molecule has 2 aromatic rings. The van der Waals surface area contributed by atoms with Crippen LogP contribution in [0, 0.1) is 0 Å². The molecule has 1 aliphatic heterocycles. The number of fused-ring (bicyclic) bond motifs is 1. The summed E-state index contributed by atoms with van der Waals surface area (Å²) < 4.78 is 0. The topological polar surface area (TPSA) is 48.2 Å². The van der Waals surface area contributed by atoms with Crippen LogP contribution in [0.4, 0.5) is 0 Å². The maximum Gasteiger partial charge on any atom is 0.149 e. The molecule has 0 radical (unpaired) electrons. The van der Waals surface area contributed by atoms with Gasteiger partial charge in [-0.25, -0.2) is 10.1 Å². The Morgan fingerprint density at radius 2 is 1.88 bits per heavy atom. The van der Waals surface area contributed by atoms with Crippen LogP contribution in [0.15, 0.2) is 70.3 Å². The van der Waals surface area contributed by atoms with Crippen molar-refractivity contribution in [1.82, 2.24) is 5.06 Å². The first-order chi connectivity index (χ1) is 11.6. The van der Waals surface area contributed by atoms with Crippen molar-refractivity contribution in [3.63, 3.8) is 0 Å². The van der Waals surface area contributed by atoms with Gasteiger partial charge in [0.2, 0.25) is 0 Å². The fourth-order valence-electron chi connectivity index (χ4n) is 2.66. The number of hydrogen-bond donors (Lipinski definition) is 1. The fraction of sp³-hybridized carbons (Fsp3) is 0.158. The second-order valence-corrected chi connectivity index (χ2v) is 5.81. The quantitative estimate of drug-likeness (QED) is 0.871. The van der Waals surface area contributed by atoms with Gasteiger partial charge in [0.15, 0.2) is 0 Å². The highest BCUT2D eigenvalue weighted by Crippen LogP contribution is 2.21. The van der Waals surface area contributed by atoms with Crippen LogP contribution in [0.1, 0.15) is 18.9 Å². The minimum atomic E-state index is 0. The molecule has 0 saturated carbocycles. The first kappa shape index (κ1) is 19.2. The zero-order valence-corrected chi connectivity index (χ0v) is 15.6. The molecule has 0 unspecified atom stereocenters. The van der Waals surface area contributed by atoms with Crippen molar-refractivity contribution < 1.29 is 5.21 Å². The minimum absolute atomic E-state index is 0. The first-order valence-electron chi connectivity index (χ1n) is 7.74. The van der Waals surface area contributed by atoms with Crippen LogP contribution in [0.25, 0.3) is 5.70 Å². The van der Waals surface area contributed by atoms with E-state index in [0.29, 0.717) is 34.0 Å². The molecule has 2 aromatic carbocycles. The Labute approximate surface area is 157 Å². The highest BCUT2D eigenvalue weighted by molar-refractivity contribution is 6.30. The molecule has 130 valence electrons. The molecule has 4 nitrogen and oxygen atoms in total. The van der Waals surface area contributed by atoms with Crippen LogP contribution >= 0.6 is 24.0 Å². The molecule has 25 heavy (non-hydrogen) atoms. The van der Waals surface area contributed by atoms with E-state index in [2.05, 4.69) is 9.98 Å². The largest absolute Gasteiger partial charge is 0.284 e. The van der Waals surface area contributed by atoms with Crippen molar-refractivity contribution in [2.75, 3.05) is 7.05 Å².